The number of halogens is 1. The topological polar surface area (TPSA) is 84.2 Å². The number of aliphatic carboxylic acids is 1. The van der Waals surface area contributed by atoms with Crippen LogP contribution in [0.15, 0.2) is 30.5 Å². The molecule has 1 aromatic heterocycles. The third-order valence-electron chi connectivity index (χ3n) is 3.97. The van der Waals surface area contributed by atoms with Crippen molar-refractivity contribution in [1.82, 2.24) is 15.1 Å². The van der Waals surface area contributed by atoms with Crippen LogP contribution in [0, 0.1) is 12.8 Å². The van der Waals surface area contributed by atoms with Crippen molar-refractivity contribution in [3.8, 4) is 5.69 Å². The normalized spacial score (nSPS) is 15.2. The first-order valence-electron chi connectivity index (χ1n) is 7.31. The molecule has 0 bridgehead atoms. The van der Waals surface area contributed by atoms with Crippen molar-refractivity contribution in [2.75, 3.05) is 0 Å². The number of hydrogen-bond donors (Lipinski definition) is 2. The first-order chi connectivity index (χ1) is 11.0. The van der Waals surface area contributed by atoms with Crippen LogP contribution in [0.25, 0.3) is 5.69 Å². The number of nitrogens with one attached hydrogen (secondary N) is 1. The van der Waals surface area contributed by atoms with Crippen molar-refractivity contribution in [1.29, 1.82) is 0 Å². The van der Waals surface area contributed by atoms with E-state index in [4.69, 9.17) is 11.6 Å². The molecule has 6 nitrogen and oxygen atoms in total. The lowest BCUT2D eigenvalue weighted by Crippen LogP contribution is -2.42. The van der Waals surface area contributed by atoms with Gasteiger partial charge in [0.05, 0.1) is 23.1 Å². The van der Waals surface area contributed by atoms with E-state index in [1.54, 1.807) is 35.9 Å². The zero-order chi connectivity index (χ0) is 16.6. The fraction of sp³-hybridized carbons (Fsp3) is 0.312. The van der Waals surface area contributed by atoms with Gasteiger partial charge in [-0.1, -0.05) is 11.6 Å². The van der Waals surface area contributed by atoms with Crippen LogP contribution in [0.4, 0.5) is 0 Å². The zero-order valence-electron chi connectivity index (χ0n) is 12.5. The fourth-order valence-electron chi connectivity index (χ4n) is 2.50. The molecular weight excluding hydrogens is 318 g/mol. The second kappa shape index (κ2) is 6.04. The average molecular weight is 334 g/mol. The van der Waals surface area contributed by atoms with Gasteiger partial charge in [0.15, 0.2) is 0 Å². The number of carboxylic acids is 1. The molecule has 0 radical (unpaired) electrons. The molecule has 1 heterocycles. The van der Waals surface area contributed by atoms with Gasteiger partial charge in [-0.15, -0.1) is 0 Å². The van der Waals surface area contributed by atoms with Crippen LogP contribution in [0.1, 0.15) is 28.9 Å². The highest BCUT2D eigenvalue weighted by atomic mass is 35.5. The molecule has 0 aliphatic heterocycles. The van der Waals surface area contributed by atoms with E-state index in [0.717, 1.165) is 18.5 Å². The third-order valence-corrected chi connectivity index (χ3v) is 4.22. The first kappa shape index (κ1) is 15.6. The number of rotatable bonds is 5. The maximum absolute atomic E-state index is 12.4. The summed E-state index contributed by atoms with van der Waals surface area (Å²) in [7, 11) is 0. The van der Waals surface area contributed by atoms with E-state index in [0.29, 0.717) is 16.3 Å². The van der Waals surface area contributed by atoms with Crippen LogP contribution in [0.3, 0.4) is 0 Å². The van der Waals surface area contributed by atoms with Gasteiger partial charge in [-0.3, -0.25) is 4.79 Å². The number of carbonyl (C=O) groups excluding carboxylic acids is 1. The summed E-state index contributed by atoms with van der Waals surface area (Å²) < 4.78 is 1.62. The predicted molar refractivity (Wildman–Crippen MR) is 84.9 cm³/mol. The lowest BCUT2D eigenvalue weighted by atomic mass is 10.1. The second-order valence-corrected chi connectivity index (χ2v) is 6.10. The van der Waals surface area contributed by atoms with Crippen LogP contribution >= 0.6 is 11.6 Å². The van der Waals surface area contributed by atoms with Crippen molar-refractivity contribution >= 4 is 23.5 Å². The lowest BCUT2D eigenvalue weighted by molar-refractivity contribution is -0.139. The first-order valence-corrected chi connectivity index (χ1v) is 7.69. The highest BCUT2D eigenvalue weighted by molar-refractivity contribution is 6.30. The Bertz CT molecular complexity index is 750. The number of benzene rings is 1. The number of carboxylic acid groups (broad SMARTS) is 1. The molecule has 1 amide bonds. The molecule has 1 unspecified atom stereocenters. The van der Waals surface area contributed by atoms with E-state index < -0.39 is 17.9 Å². The van der Waals surface area contributed by atoms with E-state index >= 15 is 0 Å². The molecule has 1 aliphatic carbocycles. The van der Waals surface area contributed by atoms with Gasteiger partial charge >= 0.3 is 5.97 Å². The van der Waals surface area contributed by atoms with E-state index in [-0.39, 0.29) is 5.92 Å². The predicted octanol–water partition coefficient (Wildman–Crippen LogP) is 2.43. The molecule has 3 rings (SSSR count). The molecule has 1 aliphatic rings. The number of nitrogens with zero attached hydrogens (tertiary/aromatic N) is 2. The second-order valence-electron chi connectivity index (χ2n) is 5.66. The van der Waals surface area contributed by atoms with Gasteiger partial charge in [0, 0.05) is 5.02 Å². The van der Waals surface area contributed by atoms with Gasteiger partial charge in [0.2, 0.25) is 0 Å². The summed E-state index contributed by atoms with van der Waals surface area (Å²) >= 11 is 5.87. The maximum Gasteiger partial charge on any atom is 0.326 e. The fourth-order valence-corrected chi connectivity index (χ4v) is 2.63. The smallest absolute Gasteiger partial charge is 0.326 e. The molecule has 23 heavy (non-hydrogen) atoms. The van der Waals surface area contributed by atoms with Gasteiger partial charge in [-0.25, -0.2) is 9.48 Å². The van der Waals surface area contributed by atoms with Crippen molar-refractivity contribution in [3.63, 3.8) is 0 Å². The molecule has 0 saturated heterocycles. The van der Waals surface area contributed by atoms with E-state index in [1.807, 2.05) is 0 Å². The number of aromatic nitrogens is 2. The number of carbonyl (C=O) groups is 2. The Morgan fingerprint density at radius 2 is 2.00 bits per heavy atom. The molecule has 1 aromatic carbocycles. The van der Waals surface area contributed by atoms with E-state index in [1.165, 1.54) is 6.20 Å². The van der Waals surface area contributed by atoms with Gasteiger partial charge in [-0.2, -0.15) is 5.10 Å². The minimum atomic E-state index is -0.997. The average Bonchev–Trinajstić information content (AvgIpc) is 3.28. The van der Waals surface area contributed by atoms with Gasteiger partial charge in [0.25, 0.3) is 5.91 Å². The van der Waals surface area contributed by atoms with Crippen LogP contribution in [0.5, 0.6) is 0 Å². The lowest BCUT2D eigenvalue weighted by Gasteiger charge is -2.13. The zero-order valence-corrected chi connectivity index (χ0v) is 13.2. The summed E-state index contributed by atoms with van der Waals surface area (Å²) in [6, 6.07) is 6.25. The summed E-state index contributed by atoms with van der Waals surface area (Å²) in [5.74, 6) is -1.38. The molecule has 1 fully saturated rings. The Balaban J connectivity index is 1.82. The molecule has 7 heteroatoms. The van der Waals surface area contributed by atoms with Gasteiger partial charge in [0.1, 0.15) is 6.04 Å². The molecule has 2 N–H and O–H groups in total. The highest BCUT2D eigenvalue weighted by Gasteiger charge is 2.37. The van der Waals surface area contributed by atoms with Gasteiger partial charge in [-0.05, 0) is 49.9 Å². The summed E-state index contributed by atoms with van der Waals surface area (Å²) in [5, 5.41) is 16.6. The monoisotopic (exact) mass is 333 g/mol. The summed E-state index contributed by atoms with van der Waals surface area (Å²) in [6.07, 6.45) is 3.12. The maximum atomic E-state index is 12.4. The van der Waals surface area contributed by atoms with Crippen molar-refractivity contribution < 1.29 is 14.7 Å². The molecule has 0 spiro atoms. The summed E-state index contributed by atoms with van der Waals surface area (Å²) in [6.45, 7) is 1.77. The van der Waals surface area contributed by atoms with E-state index in [9.17, 15) is 14.7 Å². The van der Waals surface area contributed by atoms with Crippen molar-refractivity contribution in [3.05, 3.63) is 46.7 Å². The Hall–Kier alpha value is -2.34. The van der Waals surface area contributed by atoms with Crippen LogP contribution in [-0.4, -0.2) is 32.8 Å². The SMILES string of the molecule is Cc1c(C(=O)NC(C(=O)O)C2CC2)cnn1-c1ccc(Cl)cc1. The van der Waals surface area contributed by atoms with Gasteiger partial charge < -0.3 is 10.4 Å². The summed E-state index contributed by atoms with van der Waals surface area (Å²) in [4.78, 5) is 23.6. The molecule has 2 aromatic rings. The minimum absolute atomic E-state index is 0.0306. The van der Waals surface area contributed by atoms with Crippen LogP contribution in [-0.2, 0) is 4.79 Å². The standard InChI is InChI=1S/C16H16ClN3O3/c1-9-13(15(21)19-14(16(22)23)10-2-3-10)8-18-20(9)12-6-4-11(17)5-7-12/h4-8,10,14H,2-3H2,1H3,(H,19,21)(H,22,23). The summed E-state index contributed by atoms with van der Waals surface area (Å²) in [5.41, 5.74) is 1.79. The number of hydrogen-bond acceptors (Lipinski definition) is 3. The van der Waals surface area contributed by atoms with E-state index in [2.05, 4.69) is 10.4 Å². The molecule has 120 valence electrons. The quantitative estimate of drug-likeness (QED) is 0.880. The van der Waals surface area contributed by atoms with Crippen LogP contribution < -0.4 is 5.32 Å². The van der Waals surface area contributed by atoms with Crippen molar-refractivity contribution in [2.24, 2.45) is 5.92 Å². The molecular formula is C16H16ClN3O3. The Morgan fingerprint density at radius 3 is 2.57 bits per heavy atom. The number of amides is 1. The molecule has 1 atom stereocenters. The largest absolute Gasteiger partial charge is 0.480 e. The Kier molecular flexibility index (Phi) is 4.09. The minimum Gasteiger partial charge on any atom is -0.480 e. The molecule has 1 saturated carbocycles. The Morgan fingerprint density at radius 1 is 1.35 bits per heavy atom. The third kappa shape index (κ3) is 3.22. The highest BCUT2D eigenvalue weighted by Crippen LogP contribution is 2.33. The van der Waals surface area contributed by atoms with Crippen LogP contribution in [0.2, 0.25) is 5.02 Å². The van der Waals surface area contributed by atoms with Crippen molar-refractivity contribution in [2.45, 2.75) is 25.8 Å². The Labute approximate surface area is 138 Å².